The van der Waals surface area contributed by atoms with Crippen LogP contribution in [0.1, 0.15) is 16.7 Å². The fourth-order valence-electron chi connectivity index (χ4n) is 1.94. The first-order valence-corrected chi connectivity index (χ1v) is 7.45. The average Bonchev–Trinajstić information content (AvgIpc) is 2.59. The van der Waals surface area contributed by atoms with Crippen molar-refractivity contribution in [3.63, 3.8) is 0 Å². The van der Waals surface area contributed by atoms with E-state index in [2.05, 4.69) is 34.0 Å². The summed E-state index contributed by atoms with van der Waals surface area (Å²) in [7, 11) is 0. The van der Waals surface area contributed by atoms with Gasteiger partial charge >= 0.3 is 0 Å². The summed E-state index contributed by atoms with van der Waals surface area (Å²) in [5, 5.41) is 18.3. The van der Waals surface area contributed by atoms with Crippen LogP contribution < -0.4 is 4.74 Å². The Morgan fingerprint density at radius 3 is 2.52 bits per heavy atom. The van der Waals surface area contributed by atoms with E-state index in [9.17, 15) is 5.26 Å². The van der Waals surface area contributed by atoms with Crippen LogP contribution in [0.4, 0.5) is 0 Å². The molecule has 0 atom stereocenters. The summed E-state index contributed by atoms with van der Waals surface area (Å²) in [5.74, 6) is 3.02. The van der Waals surface area contributed by atoms with E-state index in [0.29, 0.717) is 16.9 Å². The van der Waals surface area contributed by atoms with E-state index in [-0.39, 0.29) is 6.61 Å². The molecule has 0 aliphatic carbocycles. The second-order valence-corrected chi connectivity index (χ2v) is 5.45. The molecule has 0 saturated carbocycles. The summed E-state index contributed by atoms with van der Waals surface area (Å²) in [5.41, 5.74) is 2.49. The van der Waals surface area contributed by atoms with Gasteiger partial charge in [0.2, 0.25) is 0 Å². The molecule has 0 fully saturated rings. The standard InChI is InChI=1S/C19H11BrN2O/c1-2-9-23-19-8-7-18(20)11-16(19)10-17(13-22)15-5-3-14(12-21)4-6-15/h1,3-8,10-11H,9H2/b17-10-. The maximum atomic E-state index is 9.44. The van der Waals surface area contributed by atoms with Crippen LogP contribution in [0.25, 0.3) is 11.6 Å². The Morgan fingerprint density at radius 2 is 1.91 bits per heavy atom. The third kappa shape index (κ3) is 4.24. The maximum absolute atomic E-state index is 9.44. The fourth-order valence-corrected chi connectivity index (χ4v) is 2.32. The minimum Gasteiger partial charge on any atom is -0.480 e. The number of hydrogen-bond acceptors (Lipinski definition) is 3. The first-order valence-electron chi connectivity index (χ1n) is 6.66. The molecule has 0 unspecified atom stereocenters. The number of ether oxygens (including phenoxy) is 1. The van der Waals surface area contributed by atoms with Crippen LogP contribution in [0.5, 0.6) is 5.75 Å². The molecule has 23 heavy (non-hydrogen) atoms. The largest absolute Gasteiger partial charge is 0.480 e. The highest BCUT2D eigenvalue weighted by Gasteiger charge is 2.06. The first-order chi connectivity index (χ1) is 11.2. The lowest BCUT2D eigenvalue weighted by Gasteiger charge is -2.08. The molecule has 2 aromatic rings. The van der Waals surface area contributed by atoms with E-state index < -0.39 is 0 Å². The lowest BCUT2D eigenvalue weighted by molar-refractivity contribution is 0.369. The zero-order chi connectivity index (χ0) is 16.7. The molecule has 0 heterocycles. The Morgan fingerprint density at radius 1 is 1.17 bits per heavy atom. The Kier molecular flexibility index (Phi) is 5.59. The predicted octanol–water partition coefficient (Wildman–Crippen LogP) is 4.40. The van der Waals surface area contributed by atoms with Gasteiger partial charge < -0.3 is 4.74 Å². The quantitative estimate of drug-likeness (QED) is 0.460. The van der Waals surface area contributed by atoms with E-state index in [4.69, 9.17) is 16.4 Å². The Hall–Kier alpha value is -3.00. The minimum absolute atomic E-state index is 0.154. The van der Waals surface area contributed by atoms with E-state index in [1.807, 2.05) is 12.1 Å². The Balaban J connectivity index is 2.45. The van der Waals surface area contributed by atoms with Crippen LogP contribution >= 0.6 is 15.9 Å². The van der Waals surface area contributed by atoms with Gasteiger partial charge in [-0.05, 0) is 42.0 Å². The molecule has 110 valence electrons. The van der Waals surface area contributed by atoms with Gasteiger partial charge in [-0.3, -0.25) is 0 Å². The molecule has 0 amide bonds. The average molecular weight is 363 g/mol. The number of halogens is 1. The predicted molar refractivity (Wildman–Crippen MR) is 93.1 cm³/mol. The summed E-state index contributed by atoms with van der Waals surface area (Å²) >= 11 is 3.41. The van der Waals surface area contributed by atoms with Gasteiger partial charge in [-0.25, -0.2) is 0 Å². The smallest absolute Gasteiger partial charge is 0.148 e. The number of rotatable bonds is 4. The molecular formula is C19H11BrN2O. The first kappa shape index (κ1) is 16.4. The SMILES string of the molecule is C#CCOc1ccc(Br)cc1/C=C(/C#N)c1ccc(C#N)cc1. The molecule has 3 nitrogen and oxygen atoms in total. The number of nitrogens with zero attached hydrogens (tertiary/aromatic N) is 2. The van der Waals surface area contributed by atoms with Crippen molar-refractivity contribution in [2.75, 3.05) is 6.61 Å². The Bertz CT molecular complexity index is 862. The van der Waals surface area contributed by atoms with Gasteiger partial charge in [-0.1, -0.05) is 34.0 Å². The van der Waals surface area contributed by atoms with Gasteiger partial charge in [0.25, 0.3) is 0 Å². The van der Waals surface area contributed by atoms with Crippen molar-refractivity contribution in [2.24, 2.45) is 0 Å². The zero-order valence-corrected chi connectivity index (χ0v) is 13.7. The van der Waals surface area contributed by atoms with Gasteiger partial charge in [-0.15, -0.1) is 6.42 Å². The molecule has 0 spiro atoms. The van der Waals surface area contributed by atoms with Crippen molar-refractivity contribution < 1.29 is 4.74 Å². The molecule has 0 saturated heterocycles. The van der Waals surface area contributed by atoms with Crippen LogP contribution in [-0.2, 0) is 0 Å². The van der Waals surface area contributed by atoms with Crippen molar-refractivity contribution in [1.82, 2.24) is 0 Å². The number of allylic oxidation sites excluding steroid dienone is 1. The molecule has 2 aromatic carbocycles. The number of benzene rings is 2. The van der Waals surface area contributed by atoms with Crippen LogP contribution in [-0.4, -0.2) is 6.61 Å². The lowest BCUT2D eigenvalue weighted by Crippen LogP contribution is -1.96. The highest BCUT2D eigenvalue weighted by Crippen LogP contribution is 2.28. The van der Waals surface area contributed by atoms with Crippen LogP contribution in [0, 0.1) is 35.0 Å². The van der Waals surface area contributed by atoms with E-state index in [1.54, 1.807) is 36.4 Å². The molecule has 0 N–H and O–H groups in total. The number of hydrogen-bond donors (Lipinski definition) is 0. The molecular weight excluding hydrogens is 352 g/mol. The third-order valence-corrected chi connectivity index (χ3v) is 3.52. The monoisotopic (exact) mass is 362 g/mol. The summed E-state index contributed by atoms with van der Waals surface area (Å²) < 4.78 is 6.37. The maximum Gasteiger partial charge on any atom is 0.148 e. The molecule has 4 heteroatoms. The van der Waals surface area contributed by atoms with E-state index in [0.717, 1.165) is 15.6 Å². The van der Waals surface area contributed by atoms with Gasteiger partial charge in [0, 0.05) is 10.0 Å². The minimum atomic E-state index is 0.154. The lowest BCUT2D eigenvalue weighted by atomic mass is 10.0. The van der Waals surface area contributed by atoms with Crippen LogP contribution in [0.15, 0.2) is 46.9 Å². The van der Waals surface area contributed by atoms with E-state index in [1.165, 1.54) is 0 Å². The van der Waals surface area contributed by atoms with Crippen molar-refractivity contribution >= 4 is 27.6 Å². The van der Waals surface area contributed by atoms with E-state index >= 15 is 0 Å². The van der Waals surface area contributed by atoms with Gasteiger partial charge in [0.15, 0.2) is 0 Å². The van der Waals surface area contributed by atoms with Crippen molar-refractivity contribution in [3.05, 3.63) is 63.6 Å². The van der Waals surface area contributed by atoms with Gasteiger partial charge in [0.05, 0.1) is 23.3 Å². The topological polar surface area (TPSA) is 56.8 Å². The summed E-state index contributed by atoms with van der Waals surface area (Å²) in [6.45, 7) is 0.154. The molecule has 0 aliphatic heterocycles. The Labute approximate surface area is 143 Å². The number of terminal acetylenes is 1. The summed E-state index contributed by atoms with van der Waals surface area (Å²) in [4.78, 5) is 0. The zero-order valence-electron chi connectivity index (χ0n) is 12.1. The third-order valence-electron chi connectivity index (χ3n) is 3.03. The molecule has 0 bridgehead atoms. The fraction of sp³-hybridized carbons (Fsp3) is 0.0526. The van der Waals surface area contributed by atoms with Crippen molar-refractivity contribution in [1.29, 1.82) is 10.5 Å². The van der Waals surface area contributed by atoms with Crippen molar-refractivity contribution in [2.45, 2.75) is 0 Å². The van der Waals surface area contributed by atoms with Crippen molar-refractivity contribution in [3.8, 4) is 30.2 Å². The summed E-state index contributed by atoms with van der Waals surface area (Å²) in [6, 6.07) is 16.6. The molecule has 0 aromatic heterocycles. The highest BCUT2D eigenvalue weighted by atomic mass is 79.9. The van der Waals surface area contributed by atoms with Crippen LogP contribution in [0.2, 0.25) is 0 Å². The second kappa shape index (κ2) is 7.85. The summed E-state index contributed by atoms with van der Waals surface area (Å²) in [6.07, 6.45) is 6.96. The van der Waals surface area contributed by atoms with Gasteiger partial charge in [0.1, 0.15) is 12.4 Å². The second-order valence-electron chi connectivity index (χ2n) is 4.53. The van der Waals surface area contributed by atoms with Gasteiger partial charge in [-0.2, -0.15) is 10.5 Å². The normalized spacial score (nSPS) is 10.3. The number of nitriles is 2. The highest BCUT2D eigenvalue weighted by molar-refractivity contribution is 9.10. The molecule has 2 rings (SSSR count). The molecule has 0 radical (unpaired) electrons. The molecule has 0 aliphatic rings. The van der Waals surface area contributed by atoms with Crippen LogP contribution in [0.3, 0.4) is 0 Å².